The van der Waals surface area contributed by atoms with E-state index in [9.17, 15) is 14.7 Å². The number of amides is 1. The Balaban J connectivity index is 1.71. The van der Waals surface area contributed by atoms with Crippen molar-refractivity contribution in [1.29, 1.82) is 0 Å². The molecule has 0 aliphatic heterocycles. The number of ether oxygens (including phenoxy) is 1. The number of hydrogen-bond acceptors (Lipinski definition) is 6. The van der Waals surface area contributed by atoms with Gasteiger partial charge in [0.1, 0.15) is 5.75 Å². The van der Waals surface area contributed by atoms with Crippen LogP contribution < -0.4 is 15.7 Å². The predicted octanol–water partition coefficient (Wildman–Crippen LogP) is 2.92. The van der Waals surface area contributed by atoms with Crippen LogP contribution in [0.4, 0.5) is 0 Å². The maximum atomic E-state index is 13.1. The predicted molar refractivity (Wildman–Crippen MR) is 121 cm³/mol. The third-order valence-electron chi connectivity index (χ3n) is 4.97. The summed E-state index contributed by atoms with van der Waals surface area (Å²) in [4.78, 5) is 29.2. The van der Waals surface area contributed by atoms with E-state index in [2.05, 4.69) is 15.5 Å². The first-order valence-corrected chi connectivity index (χ1v) is 9.79. The van der Waals surface area contributed by atoms with E-state index in [1.54, 1.807) is 61.8 Å². The number of rotatable bonds is 6. The van der Waals surface area contributed by atoms with Gasteiger partial charge in [-0.2, -0.15) is 5.10 Å². The third-order valence-corrected chi connectivity index (χ3v) is 4.97. The molecule has 2 heterocycles. The summed E-state index contributed by atoms with van der Waals surface area (Å²) in [5.74, 6) is 0.00889. The van der Waals surface area contributed by atoms with Gasteiger partial charge in [0.25, 0.3) is 11.5 Å². The average Bonchev–Trinajstić information content (AvgIpc) is 2.84. The molecule has 0 fully saturated rings. The van der Waals surface area contributed by atoms with E-state index in [1.165, 1.54) is 17.0 Å². The molecule has 8 nitrogen and oxygen atoms in total. The molecule has 0 saturated carbocycles. The molecule has 160 valence electrons. The van der Waals surface area contributed by atoms with Crippen LogP contribution in [0.15, 0.2) is 83.0 Å². The van der Waals surface area contributed by atoms with Gasteiger partial charge in [0, 0.05) is 23.2 Å². The molecule has 0 bridgehead atoms. The van der Waals surface area contributed by atoms with Crippen molar-refractivity contribution in [2.75, 3.05) is 7.11 Å². The highest BCUT2D eigenvalue weighted by Crippen LogP contribution is 2.24. The number of carbonyl (C=O) groups excluding carboxylic acids is 1. The Bertz CT molecular complexity index is 1350. The average molecular weight is 428 g/mol. The zero-order valence-corrected chi connectivity index (χ0v) is 17.2. The molecular formula is C24H20N4O4. The first-order valence-electron chi connectivity index (χ1n) is 9.79. The maximum Gasteiger partial charge on any atom is 0.272 e. The lowest BCUT2D eigenvalue weighted by Crippen LogP contribution is -2.23. The smallest absolute Gasteiger partial charge is 0.272 e. The van der Waals surface area contributed by atoms with Gasteiger partial charge in [-0.15, -0.1) is 0 Å². The number of aromatic nitrogens is 2. The number of benzene rings is 2. The molecule has 1 amide bonds. The largest absolute Gasteiger partial charge is 0.497 e. The number of carbonyl (C=O) groups is 1. The van der Waals surface area contributed by atoms with Gasteiger partial charge in [-0.25, -0.2) is 5.43 Å². The van der Waals surface area contributed by atoms with Crippen LogP contribution in [-0.2, 0) is 6.54 Å². The molecular weight excluding hydrogens is 408 g/mol. The molecule has 0 unspecified atom stereocenters. The fraction of sp³-hybridized carbons (Fsp3) is 0.0833. The lowest BCUT2D eigenvalue weighted by molar-refractivity contribution is 0.0954. The van der Waals surface area contributed by atoms with Crippen molar-refractivity contribution in [3.8, 4) is 11.6 Å². The minimum atomic E-state index is -0.440. The SMILES string of the molecule is COc1ccc(Cn2c(O)c(/C=N\NC(=O)c3cccnc3)c3ccccc3c2=O)cc1. The number of aromatic hydroxyl groups is 1. The second kappa shape index (κ2) is 9.13. The normalized spacial score (nSPS) is 11.0. The number of methoxy groups -OCH3 is 1. The van der Waals surface area contributed by atoms with Crippen molar-refractivity contribution in [2.24, 2.45) is 5.10 Å². The van der Waals surface area contributed by atoms with Crippen LogP contribution in [0.3, 0.4) is 0 Å². The van der Waals surface area contributed by atoms with Crippen LogP contribution in [0.2, 0.25) is 0 Å². The fourth-order valence-electron chi connectivity index (χ4n) is 3.32. The maximum absolute atomic E-state index is 13.1. The van der Waals surface area contributed by atoms with Crippen LogP contribution >= 0.6 is 0 Å². The number of hydrazone groups is 1. The van der Waals surface area contributed by atoms with Gasteiger partial charge in [0.05, 0.1) is 31.0 Å². The monoisotopic (exact) mass is 428 g/mol. The Labute approximate surface area is 183 Å². The van der Waals surface area contributed by atoms with Gasteiger partial charge in [0.2, 0.25) is 5.88 Å². The van der Waals surface area contributed by atoms with Crippen molar-refractivity contribution < 1.29 is 14.6 Å². The number of nitrogens with one attached hydrogen (secondary N) is 1. The number of nitrogens with zero attached hydrogens (tertiary/aromatic N) is 3. The van der Waals surface area contributed by atoms with Crippen molar-refractivity contribution in [2.45, 2.75) is 6.54 Å². The summed E-state index contributed by atoms with van der Waals surface area (Å²) >= 11 is 0. The molecule has 2 N–H and O–H groups in total. The lowest BCUT2D eigenvalue weighted by atomic mass is 10.1. The summed E-state index contributed by atoms with van der Waals surface area (Å²) in [7, 11) is 1.58. The van der Waals surface area contributed by atoms with E-state index in [4.69, 9.17) is 4.74 Å². The molecule has 8 heteroatoms. The zero-order valence-electron chi connectivity index (χ0n) is 17.2. The molecule has 0 spiro atoms. The van der Waals surface area contributed by atoms with Gasteiger partial charge in [-0.3, -0.25) is 19.1 Å². The van der Waals surface area contributed by atoms with E-state index in [1.807, 2.05) is 12.1 Å². The van der Waals surface area contributed by atoms with Crippen LogP contribution in [0.25, 0.3) is 10.8 Å². The zero-order chi connectivity index (χ0) is 22.5. The van der Waals surface area contributed by atoms with Crippen molar-refractivity contribution in [3.05, 3.63) is 100 Å². The van der Waals surface area contributed by atoms with Crippen molar-refractivity contribution in [3.63, 3.8) is 0 Å². The Morgan fingerprint density at radius 3 is 2.56 bits per heavy atom. The summed E-state index contributed by atoms with van der Waals surface area (Å²) in [6.45, 7) is 0.155. The van der Waals surface area contributed by atoms with Crippen molar-refractivity contribution >= 4 is 22.9 Å². The van der Waals surface area contributed by atoms with E-state index in [0.29, 0.717) is 27.6 Å². The molecule has 0 atom stereocenters. The third kappa shape index (κ3) is 4.20. The highest BCUT2D eigenvalue weighted by Gasteiger charge is 2.15. The summed E-state index contributed by atoms with van der Waals surface area (Å²) in [6.07, 6.45) is 4.32. The van der Waals surface area contributed by atoms with Gasteiger partial charge >= 0.3 is 0 Å². The molecule has 0 aliphatic rings. The minimum Gasteiger partial charge on any atom is -0.497 e. The van der Waals surface area contributed by atoms with E-state index in [0.717, 1.165) is 5.56 Å². The van der Waals surface area contributed by atoms with Gasteiger partial charge in [-0.1, -0.05) is 30.3 Å². The lowest BCUT2D eigenvalue weighted by Gasteiger charge is -2.14. The quantitative estimate of drug-likeness (QED) is 0.363. The number of hydrogen-bond donors (Lipinski definition) is 2. The Morgan fingerprint density at radius 2 is 1.88 bits per heavy atom. The summed E-state index contributed by atoms with van der Waals surface area (Å²) in [5.41, 5.74) is 3.57. The fourth-order valence-corrected chi connectivity index (χ4v) is 3.32. The second-order valence-electron chi connectivity index (χ2n) is 6.96. The van der Waals surface area contributed by atoms with E-state index < -0.39 is 5.91 Å². The van der Waals surface area contributed by atoms with Gasteiger partial charge < -0.3 is 9.84 Å². The van der Waals surface area contributed by atoms with Crippen LogP contribution in [0.5, 0.6) is 11.6 Å². The van der Waals surface area contributed by atoms with Crippen LogP contribution in [-0.4, -0.2) is 33.9 Å². The van der Waals surface area contributed by atoms with E-state index in [-0.39, 0.29) is 18.0 Å². The molecule has 4 aromatic rings. The topological polar surface area (TPSA) is 106 Å². The molecule has 0 saturated heterocycles. The van der Waals surface area contributed by atoms with Gasteiger partial charge in [0.15, 0.2) is 0 Å². The first kappa shape index (κ1) is 20.8. The molecule has 2 aromatic heterocycles. The van der Waals surface area contributed by atoms with Crippen LogP contribution in [0.1, 0.15) is 21.5 Å². The Kier molecular flexibility index (Phi) is 5.94. The highest BCUT2D eigenvalue weighted by atomic mass is 16.5. The number of fused-ring (bicyclic) bond motifs is 1. The summed E-state index contributed by atoms with van der Waals surface area (Å²) in [6, 6.07) is 17.4. The second-order valence-corrected chi connectivity index (χ2v) is 6.96. The molecule has 0 radical (unpaired) electrons. The molecule has 2 aromatic carbocycles. The summed E-state index contributed by atoms with van der Waals surface area (Å²) < 4.78 is 6.44. The Hall–Kier alpha value is -4.46. The van der Waals surface area contributed by atoms with Crippen LogP contribution in [0, 0.1) is 0 Å². The standard InChI is InChI=1S/C24H20N4O4/c1-32-18-10-8-16(9-11-18)15-28-23(30)20-7-3-2-6-19(20)21(24(28)31)14-26-27-22(29)17-5-4-12-25-13-17/h2-14,31H,15H2,1H3,(H,27,29)/b26-14-. The Morgan fingerprint density at radius 1 is 1.12 bits per heavy atom. The molecule has 4 rings (SSSR count). The molecule has 32 heavy (non-hydrogen) atoms. The molecule has 0 aliphatic carbocycles. The summed E-state index contributed by atoms with van der Waals surface area (Å²) in [5, 5.41) is 15.9. The van der Waals surface area contributed by atoms with Crippen molar-refractivity contribution in [1.82, 2.24) is 15.0 Å². The number of pyridine rings is 2. The first-order chi connectivity index (χ1) is 15.6. The van der Waals surface area contributed by atoms with E-state index >= 15 is 0 Å². The van der Waals surface area contributed by atoms with Gasteiger partial charge in [-0.05, 0) is 35.9 Å². The minimum absolute atomic E-state index is 0.155. The highest BCUT2D eigenvalue weighted by molar-refractivity contribution is 6.02.